The summed E-state index contributed by atoms with van der Waals surface area (Å²) in [4.78, 5) is 0. The van der Waals surface area contributed by atoms with E-state index in [0.29, 0.717) is 0 Å². The zero-order valence-corrected chi connectivity index (χ0v) is 36.9. The van der Waals surface area contributed by atoms with Crippen molar-refractivity contribution >= 4 is 29.8 Å². The maximum Gasteiger partial charge on any atom is -0.0253 e. The Kier molecular flexibility index (Phi) is 18.1. The van der Waals surface area contributed by atoms with Crippen LogP contribution in [0.15, 0.2) is 121 Å². The molecule has 0 N–H and O–H groups in total. The van der Waals surface area contributed by atoms with Crippen molar-refractivity contribution < 1.29 is 48.7 Å². The second-order valence-electron chi connectivity index (χ2n) is 12.6. The minimum atomic E-state index is -1.27. The van der Waals surface area contributed by atoms with Crippen LogP contribution >= 0.6 is 0 Å². The van der Waals surface area contributed by atoms with Crippen molar-refractivity contribution in [1.29, 1.82) is 0 Å². The van der Waals surface area contributed by atoms with Crippen LogP contribution in [-0.2, 0) is 30.3 Å². The minimum Gasteiger partial charge on any atom is -1.00 e. The predicted octanol–water partition coefficient (Wildman–Crippen LogP) is 4.70. The Morgan fingerprint density at radius 3 is 1.44 bits per heavy atom. The van der Waals surface area contributed by atoms with Gasteiger partial charge in [0.25, 0.3) is 0 Å². The summed E-state index contributed by atoms with van der Waals surface area (Å²) in [6.07, 6.45) is 1.05. The van der Waals surface area contributed by atoms with Gasteiger partial charge in [-0.1, -0.05) is 35.4 Å². The van der Waals surface area contributed by atoms with E-state index in [9.17, 15) is 0 Å². The predicted molar refractivity (Wildman–Crippen MR) is 205 cm³/mol. The average Bonchev–Trinajstić information content (AvgIpc) is 3.84. The summed E-state index contributed by atoms with van der Waals surface area (Å²) in [5, 5.41) is 3.30. The average molecular weight is 874 g/mol. The van der Waals surface area contributed by atoms with Gasteiger partial charge < -0.3 is 24.8 Å². The van der Waals surface area contributed by atoms with Gasteiger partial charge >= 0.3 is 191 Å². The van der Waals surface area contributed by atoms with Gasteiger partial charge in [-0.05, 0) is 6.42 Å². The topological polar surface area (TPSA) is 0 Å². The fourth-order valence-corrected chi connectivity index (χ4v) is 15.6. The summed E-state index contributed by atoms with van der Waals surface area (Å²) in [6, 6.07) is 55.7. The van der Waals surface area contributed by atoms with E-state index in [-0.39, 0.29) is 24.8 Å². The third-order valence-corrected chi connectivity index (χ3v) is 24.1. The third-order valence-electron chi connectivity index (χ3n) is 10.8. The summed E-state index contributed by atoms with van der Waals surface area (Å²) in [7, 11) is -2.53. The van der Waals surface area contributed by atoms with Gasteiger partial charge in [0.2, 0.25) is 0 Å². The standard InChI is InChI=1S/C25H38Si2.C13H9.C5H5.2ClH.Hf/c1-7-26(8-2,9-3)24-17-13-22(14-18-24)21-23-15-19-25(20-16-23)27(10-4,11-5)12-6;1-3-7-12-10(5-1)9-11-6-2-4-8-13(11)12;1-2-4-5-3-1;;;/h13-20H,7-12H2,1-6H3;1-5,7-8H,9H2;1-5H;2*1H;/q;2*-1;;;+2/p-2. The van der Waals surface area contributed by atoms with Crippen molar-refractivity contribution in [3.63, 3.8) is 0 Å². The molecule has 1 aliphatic rings. The molecule has 0 heterocycles. The zero-order valence-electron chi connectivity index (χ0n) is 29.8. The van der Waals surface area contributed by atoms with E-state index in [2.05, 4.69) is 133 Å². The van der Waals surface area contributed by atoms with Crippen LogP contribution in [0.4, 0.5) is 0 Å². The number of benzene rings is 4. The molecular weight excluding hydrogens is 822 g/mol. The second kappa shape index (κ2) is 20.6. The van der Waals surface area contributed by atoms with E-state index in [1.807, 2.05) is 36.4 Å². The largest absolute Gasteiger partial charge is 1.00 e. The summed E-state index contributed by atoms with van der Waals surface area (Å²) in [5.41, 5.74) is 8.37. The van der Waals surface area contributed by atoms with Crippen molar-refractivity contribution in [2.24, 2.45) is 0 Å². The van der Waals surface area contributed by atoms with Gasteiger partial charge in [-0.15, -0.1) is 5.56 Å². The Bertz CT molecular complexity index is 1490. The van der Waals surface area contributed by atoms with Gasteiger partial charge in [0.1, 0.15) is 0 Å². The zero-order chi connectivity index (χ0) is 33.0. The normalized spacial score (nSPS) is 11.3. The smallest absolute Gasteiger partial charge is 0.0253 e. The molecule has 5 heteroatoms. The molecule has 0 spiro atoms. The molecule has 0 aliphatic heterocycles. The van der Waals surface area contributed by atoms with Crippen LogP contribution in [0.25, 0.3) is 11.1 Å². The Labute approximate surface area is 321 Å². The van der Waals surface area contributed by atoms with Crippen molar-refractivity contribution in [2.45, 2.75) is 84.2 Å². The SMILES string of the molecule is CC[Si](CC)(CC)c1ccc([C](=[Hf+2])c2ccc([Si](CC)(CC)CC)cc2)cc1.[Cl-].[Cl-].[c-]1cccc2c1Cc1ccccc1-2.c1cc[cH-]c1. The fourth-order valence-electron chi connectivity index (χ4n) is 7.19. The van der Waals surface area contributed by atoms with Gasteiger partial charge in [-0.3, -0.25) is 0 Å². The van der Waals surface area contributed by atoms with Crippen LogP contribution in [0.1, 0.15) is 63.8 Å². The maximum atomic E-state index is 3.30. The molecule has 0 unspecified atom stereocenters. The number of hydrogen-bond acceptors (Lipinski definition) is 0. The minimum absolute atomic E-state index is 0. The first-order valence-electron chi connectivity index (χ1n) is 17.5. The van der Waals surface area contributed by atoms with E-state index in [0.717, 1.165) is 30.3 Å². The van der Waals surface area contributed by atoms with Crippen LogP contribution < -0.4 is 35.2 Å². The molecule has 0 nitrogen and oxygen atoms in total. The maximum absolute atomic E-state index is 3.30. The molecule has 0 aromatic heterocycles. The number of fused-ring (bicyclic) bond motifs is 3. The van der Waals surface area contributed by atoms with Crippen molar-refractivity contribution in [2.75, 3.05) is 0 Å². The van der Waals surface area contributed by atoms with E-state index in [1.165, 1.54) is 72.9 Å². The Balaban J connectivity index is 0.000000326. The van der Waals surface area contributed by atoms with E-state index in [1.54, 1.807) is 10.4 Å². The molecular formula is C43H52Cl2HfSi2-2. The molecule has 252 valence electrons. The second-order valence-corrected chi connectivity index (χ2v) is 24.9. The molecule has 5 aromatic carbocycles. The fraction of sp³-hybridized carbons (Fsp3) is 0.302. The van der Waals surface area contributed by atoms with Gasteiger partial charge in [-0.25, -0.2) is 12.1 Å². The van der Waals surface area contributed by atoms with Gasteiger partial charge in [-0.2, -0.15) is 48.0 Å². The molecule has 0 amide bonds. The van der Waals surface area contributed by atoms with E-state index in [4.69, 9.17) is 0 Å². The van der Waals surface area contributed by atoms with Crippen LogP contribution in [0.2, 0.25) is 36.3 Å². The summed E-state index contributed by atoms with van der Waals surface area (Å²) >= 11 is 1.08. The molecule has 0 fully saturated rings. The van der Waals surface area contributed by atoms with Crippen molar-refractivity contribution in [3.8, 4) is 11.1 Å². The number of rotatable bonds is 10. The number of hydrogen-bond donors (Lipinski definition) is 0. The summed E-state index contributed by atoms with van der Waals surface area (Å²) in [6.45, 7) is 14.4. The molecule has 0 radical (unpaired) electrons. The van der Waals surface area contributed by atoms with Crippen LogP contribution in [-0.4, -0.2) is 19.4 Å². The van der Waals surface area contributed by atoms with E-state index >= 15 is 0 Å². The Morgan fingerprint density at radius 1 is 0.583 bits per heavy atom. The summed E-state index contributed by atoms with van der Waals surface area (Å²) in [5.74, 6) is 0. The molecule has 0 saturated carbocycles. The van der Waals surface area contributed by atoms with Gasteiger partial charge in [0, 0.05) is 0 Å². The molecule has 48 heavy (non-hydrogen) atoms. The Morgan fingerprint density at radius 2 is 1.02 bits per heavy atom. The molecule has 0 bridgehead atoms. The monoisotopic (exact) mass is 874 g/mol. The number of halogens is 2. The molecule has 1 aliphatic carbocycles. The third kappa shape index (κ3) is 9.82. The Hall–Kier alpha value is -2.02. The molecule has 0 atom stereocenters. The molecule has 0 saturated heterocycles. The van der Waals surface area contributed by atoms with Crippen LogP contribution in [0.3, 0.4) is 0 Å². The molecule has 5 aromatic rings. The first-order valence-corrected chi connectivity index (χ1v) is 24.5. The molecule has 6 rings (SSSR count). The van der Waals surface area contributed by atoms with Crippen molar-refractivity contribution in [3.05, 3.63) is 150 Å². The van der Waals surface area contributed by atoms with Gasteiger partial charge in [0.15, 0.2) is 0 Å². The first-order chi connectivity index (χ1) is 22.4. The quantitative estimate of drug-likeness (QED) is 0.139. The van der Waals surface area contributed by atoms with Crippen molar-refractivity contribution in [1.82, 2.24) is 0 Å². The van der Waals surface area contributed by atoms with Gasteiger partial charge in [0.05, 0.1) is 0 Å². The van der Waals surface area contributed by atoms with Crippen LogP contribution in [0, 0.1) is 6.07 Å². The summed E-state index contributed by atoms with van der Waals surface area (Å²) < 4.78 is 1.53. The van der Waals surface area contributed by atoms with E-state index < -0.39 is 16.1 Å². The first kappa shape index (κ1) is 42.2. The van der Waals surface area contributed by atoms with Crippen LogP contribution in [0.5, 0.6) is 0 Å².